The Morgan fingerprint density at radius 3 is 2.77 bits per heavy atom. The average Bonchev–Trinajstić information content (AvgIpc) is 3.21. The van der Waals surface area contributed by atoms with Crippen LogP contribution in [-0.2, 0) is 24.3 Å². The predicted molar refractivity (Wildman–Crippen MR) is 117 cm³/mol. The van der Waals surface area contributed by atoms with Gasteiger partial charge in [0.2, 0.25) is 0 Å². The van der Waals surface area contributed by atoms with Crippen LogP contribution < -0.4 is 5.32 Å². The van der Waals surface area contributed by atoms with E-state index >= 15 is 0 Å². The van der Waals surface area contributed by atoms with Crippen LogP contribution in [0.3, 0.4) is 0 Å². The SMILES string of the molecule is CC(OC(=O)C1=CN2CCS(=O)(=O)N=C2C=C1)C(=O)Nc1nc(-c2ccccc2)cs1. The molecule has 1 aromatic heterocycles. The maximum absolute atomic E-state index is 12.4. The number of carbonyl (C=O) groups is 2. The van der Waals surface area contributed by atoms with Crippen molar-refractivity contribution < 1.29 is 22.7 Å². The van der Waals surface area contributed by atoms with Crippen molar-refractivity contribution in [3.63, 3.8) is 0 Å². The van der Waals surface area contributed by atoms with Gasteiger partial charge in [-0.15, -0.1) is 15.7 Å². The number of amides is 1. The van der Waals surface area contributed by atoms with Crippen LogP contribution in [0.4, 0.5) is 5.13 Å². The zero-order valence-electron chi connectivity index (χ0n) is 16.4. The molecule has 1 N–H and O–H groups in total. The van der Waals surface area contributed by atoms with Crippen molar-refractivity contribution in [3.05, 3.63) is 59.6 Å². The third-order valence-corrected chi connectivity index (χ3v) is 6.44. The number of ether oxygens (including phenoxy) is 1. The molecule has 1 amide bonds. The summed E-state index contributed by atoms with van der Waals surface area (Å²) in [6.45, 7) is 1.65. The minimum Gasteiger partial charge on any atom is -0.449 e. The topological polar surface area (TPSA) is 118 Å². The van der Waals surface area contributed by atoms with Gasteiger partial charge in [-0.05, 0) is 19.1 Å². The molecule has 1 atom stereocenters. The van der Waals surface area contributed by atoms with Crippen LogP contribution in [0, 0.1) is 0 Å². The van der Waals surface area contributed by atoms with Crippen molar-refractivity contribution in [3.8, 4) is 11.3 Å². The molecule has 2 aliphatic heterocycles. The Labute approximate surface area is 182 Å². The molecule has 9 nitrogen and oxygen atoms in total. The van der Waals surface area contributed by atoms with Gasteiger partial charge in [0, 0.05) is 23.7 Å². The lowest BCUT2D eigenvalue weighted by Crippen LogP contribution is -2.37. The summed E-state index contributed by atoms with van der Waals surface area (Å²) < 4.78 is 32.0. The summed E-state index contributed by atoms with van der Waals surface area (Å²) in [5, 5.41) is 4.88. The van der Waals surface area contributed by atoms with Crippen LogP contribution in [-0.4, -0.2) is 54.4 Å². The molecule has 0 saturated carbocycles. The van der Waals surface area contributed by atoms with Crippen molar-refractivity contribution in [2.45, 2.75) is 13.0 Å². The average molecular weight is 459 g/mol. The van der Waals surface area contributed by atoms with Crippen LogP contribution in [0.15, 0.2) is 64.0 Å². The van der Waals surface area contributed by atoms with Crippen LogP contribution >= 0.6 is 11.3 Å². The lowest BCUT2D eigenvalue weighted by Gasteiger charge is -2.27. The number of carbonyl (C=O) groups excluding carboxylic acids is 2. The highest BCUT2D eigenvalue weighted by Gasteiger charge is 2.27. The zero-order chi connectivity index (χ0) is 22.0. The van der Waals surface area contributed by atoms with Gasteiger partial charge in [-0.1, -0.05) is 30.3 Å². The summed E-state index contributed by atoms with van der Waals surface area (Å²) >= 11 is 1.27. The Kier molecular flexibility index (Phi) is 5.70. The van der Waals surface area contributed by atoms with E-state index in [4.69, 9.17) is 4.74 Å². The van der Waals surface area contributed by atoms with E-state index in [2.05, 4.69) is 14.7 Å². The van der Waals surface area contributed by atoms with Gasteiger partial charge in [-0.3, -0.25) is 10.1 Å². The molecule has 0 radical (unpaired) electrons. The molecule has 1 aromatic carbocycles. The third kappa shape index (κ3) is 4.89. The van der Waals surface area contributed by atoms with Gasteiger partial charge in [-0.25, -0.2) is 18.2 Å². The smallest absolute Gasteiger partial charge is 0.340 e. The molecule has 0 saturated heterocycles. The van der Waals surface area contributed by atoms with Crippen molar-refractivity contribution in [1.82, 2.24) is 9.88 Å². The van der Waals surface area contributed by atoms with E-state index < -0.39 is 28.0 Å². The number of aromatic nitrogens is 1. The fourth-order valence-electron chi connectivity index (χ4n) is 2.88. The first-order valence-electron chi connectivity index (χ1n) is 9.33. The summed E-state index contributed by atoms with van der Waals surface area (Å²) in [4.78, 5) is 30.8. The minimum atomic E-state index is -3.48. The fourth-order valence-corrected chi connectivity index (χ4v) is 4.58. The van der Waals surface area contributed by atoms with Gasteiger partial charge in [-0.2, -0.15) is 0 Å². The summed E-state index contributed by atoms with van der Waals surface area (Å²) in [6, 6.07) is 9.56. The molecular weight excluding hydrogens is 440 g/mol. The molecule has 0 fully saturated rings. The summed E-state index contributed by atoms with van der Waals surface area (Å²) in [5.41, 5.74) is 1.87. The van der Waals surface area contributed by atoms with Gasteiger partial charge in [0.15, 0.2) is 11.2 Å². The Bertz CT molecular complexity index is 1220. The van der Waals surface area contributed by atoms with Gasteiger partial charge in [0.05, 0.1) is 17.0 Å². The van der Waals surface area contributed by atoms with Crippen molar-refractivity contribution >= 4 is 44.2 Å². The number of thiazole rings is 1. The lowest BCUT2D eigenvalue weighted by atomic mass is 10.2. The van der Waals surface area contributed by atoms with Crippen LogP contribution in [0.1, 0.15) is 6.92 Å². The van der Waals surface area contributed by atoms with Gasteiger partial charge in [0.25, 0.3) is 15.9 Å². The van der Waals surface area contributed by atoms with E-state index in [1.54, 1.807) is 4.90 Å². The highest BCUT2D eigenvalue weighted by Crippen LogP contribution is 2.25. The number of benzene rings is 1. The van der Waals surface area contributed by atoms with Gasteiger partial charge >= 0.3 is 5.97 Å². The molecule has 3 heterocycles. The Morgan fingerprint density at radius 1 is 1.23 bits per heavy atom. The summed E-state index contributed by atoms with van der Waals surface area (Å²) in [5.74, 6) is -1.10. The van der Waals surface area contributed by atoms with E-state index in [0.29, 0.717) is 5.13 Å². The van der Waals surface area contributed by atoms with E-state index in [1.165, 1.54) is 36.6 Å². The first-order chi connectivity index (χ1) is 14.8. The monoisotopic (exact) mass is 458 g/mol. The molecule has 2 aromatic rings. The van der Waals surface area contributed by atoms with Crippen LogP contribution in [0.25, 0.3) is 11.3 Å². The number of hydrogen-bond acceptors (Lipinski definition) is 8. The Morgan fingerprint density at radius 2 is 2.00 bits per heavy atom. The number of amidine groups is 1. The molecule has 160 valence electrons. The number of nitrogens with one attached hydrogen (secondary N) is 1. The number of anilines is 1. The summed E-state index contributed by atoms with van der Waals surface area (Å²) in [6.07, 6.45) is 3.25. The molecule has 0 aliphatic carbocycles. The minimum absolute atomic E-state index is 0.138. The number of hydrogen-bond donors (Lipinski definition) is 1. The largest absolute Gasteiger partial charge is 0.449 e. The standard InChI is InChI=1S/C20H18N4O5S2/c1-13(18(25)22-20-21-16(12-30-20)14-5-3-2-4-6-14)29-19(26)15-7-8-17-23-31(27,28)10-9-24(17)11-15/h2-8,11-13H,9-10H2,1H3,(H,21,22,25). The number of fused-ring (bicyclic) bond motifs is 1. The highest BCUT2D eigenvalue weighted by molar-refractivity contribution is 7.90. The maximum atomic E-state index is 12.4. The molecule has 4 rings (SSSR count). The summed E-state index contributed by atoms with van der Waals surface area (Å²) in [7, 11) is -3.48. The number of nitrogens with zero attached hydrogens (tertiary/aromatic N) is 3. The van der Waals surface area contributed by atoms with Gasteiger partial charge in [0.1, 0.15) is 5.84 Å². The molecule has 0 spiro atoms. The number of sulfonamides is 1. The van der Waals surface area contributed by atoms with Crippen molar-refractivity contribution in [1.29, 1.82) is 0 Å². The van der Waals surface area contributed by atoms with Gasteiger partial charge < -0.3 is 9.64 Å². The number of rotatable bonds is 5. The van der Waals surface area contributed by atoms with E-state index in [1.807, 2.05) is 35.7 Å². The molecule has 31 heavy (non-hydrogen) atoms. The number of esters is 1. The quantitative estimate of drug-likeness (QED) is 0.682. The van der Waals surface area contributed by atoms with E-state index in [9.17, 15) is 18.0 Å². The fraction of sp³-hybridized carbons (Fsp3) is 0.200. The molecule has 0 bridgehead atoms. The second kappa shape index (κ2) is 8.44. The van der Waals surface area contributed by atoms with Crippen LogP contribution in [0.2, 0.25) is 0 Å². The maximum Gasteiger partial charge on any atom is 0.340 e. The lowest BCUT2D eigenvalue weighted by molar-refractivity contribution is -0.149. The Hall–Kier alpha value is -3.31. The Balaban J connectivity index is 1.36. The third-order valence-electron chi connectivity index (χ3n) is 4.52. The molecule has 1 unspecified atom stereocenters. The van der Waals surface area contributed by atoms with Crippen molar-refractivity contribution in [2.24, 2.45) is 4.40 Å². The predicted octanol–water partition coefficient (Wildman–Crippen LogP) is 2.18. The molecule has 2 aliphatic rings. The first kappa shape index (κ1) is 20.9. The van der Waals surface area contributed by atoms with E-state index in [-0.39, 0.29) is 23.7 Å². The van der Waals surface area contributed by atoms with E-state index in [0.717, 1.165) is 11.3 Å². The van der Waals surface area contributed by atoms with Crippen molar-refractivity contribution in [2.75, 3.05) is 17.6 Å². The van der Waals surface area contributed by atoms with Crippen LogP contribution in [0.5, 0.6) is 0 Å². The molecular formula is C20H18N4O5S2. The molecule has 11 heteroatoms. The highest BCUT2D eigenvalue weighted by atomic mass is 32.2. The second-order valence-electron chi connectivity index (χ2n) is 6.79. The second-order valence-corrected chi connectivity index (χ2v) is 9.40. The first-order valence-corrected chi connectivity index (χ1v) is 11.8. The zero-order valence-corrected chi connectivity index (χ0v) is 18.0. The normalized spacial score (nSPS) is 17.8.